The summed E-state index contributed by atoms with van der Waals surface area (Å²) >= 11 is 2.91. The molecule has 0 spiro atoms. The van der Waals surface area contributed by atoms with Gasteiger partial charge in [-0.15, -0.1) is 22.7 Å². The first-order chi connectivity index (χ1) is 12.6. The van der Waals surface area contributed by atoms with E-state index in [-0.39, 0.29) is 5.91 Å². The summed E-state index contributed by atoms with van der Waals surface area (Å²) in [5, 5.41) is 6.53. The highest BCUT2D eigenvalue weighted by atomic mass is 32.1. The minimum absolute atomic E-state index is 0.170. The summed E-state index contributed by atoms with van der Waals surface area (Å²) < 4.78 is 5.60. The van der Waals surface area contributed by atoms with Crippen molar-refractivity contribution in [1.29, 1.82) is 0 Å². The number of carbonyl (C=O) groups is 1. The lowest BCUT2D eigenvalue weighted by molar-refractivity contribution is 0.103. The number of aromatic nitrogens is 2. The minimum Gasteiger partial charge on any atom is -0.459 e. The molecule has 0 fully saturated rings. The normalized spacial score (nSPS) is 10.8. The Bertz CT molecular complexity index is 1050. The first-order valence-corrected chi connectivity index (χ1v) is 9.65. The van der Waals surface area contributed by atoms with Crippen LogP contribution in [0.5, 0.6) is 0 Å². The third-order valence-electron chi connectivity index (χ3n) is 3.78. The molecule has 1 aromatic carbocycles. The molecule has 1 N–H and O–H groups in total. The van der Waals surface area contributed by atoms with Gasteiger partial charge < -0.3 is 9.73 Å². The van der Waals surface area contributed by atoms with Crippen molar-refractivity contribution in [2.45, 2.75) is 13.8 Å². The molecule has 0 radical (unpaired) electrons. The van der Waals surface area contributed by atoms with Gasteiger partial charge in [-0.25, -0.2) is 9.97 Å². The van der Waals surface area contributed by atoms with Gasteiger partial charge in [-0.2, -0.15) is 0 Å². The van der Waals surface area contributed by atoms with Crippen molar-refractivity contribution < 1.29 is 9.21 Å². The van der Waals surface area contributed by atoms with E-state index >= 15 is 0 Å². The number of amides is 1. The predicted octanol–water partition coefficient (Wildman–Crippen LogP) is 5.40. The fraction of sp³-hybridized carbons (Fsp3) is 0.105. The van der Waals surface area contributed by atoms with Crippen LogP contribution in [0.15, 0.2) is 52.4 Å². The van der Waals surface area contributed by atoms with E-state index in [1.165, 1.54) is 11.3 Å². The minimum atomic E-state index is -0.170. The molecule has 3 heterocycles. The van der Waals surface area contributed by atoms with E-state index < -0.39 is 0 Å². The van der Waals surface area contributed by atoms with Gasteiger partial charge in [0.2, 0.25) is 0 Å². The number of thiazole rings is 2. The Morgan fingerprint density at radius 1 is 1.08 bits per heavy atom. The zero-order chi connectivity index (χ0) is 18.1. The van der Waals surface area contributed by atoms with Crippen LogP contribution in [-0.2, 0) is 0 Å². The van der Waals surface area contributed by atoms with Crippen LogP contribution in [0.4, 0.5) is 5.69 Å². The maximum atomic E-state index is 12.6. The average Bonchev–Trinajstić information content (AvgIpc) is 3.36. The second-order valence-corrected chi connectivity index (χ2v) is 7.61. The molecule has 130 valence electrons. The molecule has 4 rings (SSSR count). The van der Waals surface area contributed by atoms with Gasteiger partial charge in [0, 0.05) is 22.8 Å². The molecule has 3 aromatic heterocycles. The lowest BCUT2D eigenvalue weighted by Gasteiger charge is -2.05. The molecular weight excluding hydrogens is 366 g/mol. The Morgan fingerprint density at radius 2 is 1.88 bits per heavy atom. The Kier molecular flexibility index (Phi) is 4.40. The van der Waals surface area contributed by atoms with Crippen molar-refractivity contribution in [1.82, 2.24) is 9.97 Å². The lowest BCUT2D eigenvalue weighted by Crippen LogP contribution is -2.11. The van der Waals surface area contributed by atoms with Crippen LogP contribution < -0.4 is 5.32 Å². The number of nitrogens with zero attached hydrogens (tertiary/aromatic N) is 2. The zero-order valence-corrected chi connectivity index (χ0v) is 15.8. The number of benzene rings is 1. The van der Waals surface area contributed by atoms with E-state index in [1.54, 1.807) is 17.5 Å². The maximum Gasteiger partial charge on any atom is 0.267 e. The van der Waals surface area contributed by atoms with Crippen LogP contribution >= 0.6 is 22.7 Å². The van der Waals surface area contributed by atoms with Crippen LogP contribution in [-0.4, -0.2) is 15.9 Å². The number of hydrogen-bond donors (Lipinski definition) is 1. The molecule has 0 unspecified atom stereocenters. The molecule has 0 aliphatic rings. The standard InChI is InChI=1S/C19H15N3O2S2/c1-11-3-8-15(24-11)19-21-12(2)16(26-19)17(23)22-14-6-4-13(5-7-14)18-20-9-10-25-18/h3-10H,1-2H3,(H,22,23). The SMILES string of the molecule is Cc1ccc(-c2nc(C)c(C(=O)Nc3ccc(-c4nccs4)cc3)s2)o1. The van der Waals surface area contributed by atoms with Crippen molar-refractivity contribution in [3.05, 3.63) is 64.3 Å². The zero-order valence-electron chi connectivity index (χ0n) is 14.1. The van der Waals surface area contributed by atoms with Crippen LogP contribution in [0.2, 0.25) is 0 Å². The van der Waals surface area contributed by atoms with E-state index in [2.05, 4.69) is 15.3 Å². The third-order valence-corrected chi connectivity index (χ3v) is 5.77. The average molecular weight is 381 g/mol. The molecule has 7 heteroatoms. The van der Waals surface area contributed by atoms with Crippen LogP contribution in [0.3, 0.4) is 0 Å². The summed E-state index contributed by atoms with van der Waals surface area (Å²) in [6.07, 6.45) is 1.78. The molecule has 26 heavy (non-hydrogen) atoms. The molecule has 4 aromatic rings. The van der Waals surface area contributed by atoms with Crippen molar-refractivity contribution in [3.63, 3.8) is 0 Å². The molecule has 0 bridgehead atoms. The van der Waals surface area contributed by atoms with Gasteiger partial charge >= 0.3 is 0 Å². The third kappa shape index (κ3) is 3.31. The van der Waals surface area contributed by atoms with Crippen molar-refractivity contribution >= 4 is 34.3 Å². The molecule has 5 nitrogen and oxygen atoms in total. The molecule has 0 saturated heterocycles. The van der Waals surface area contributed by atoms with E-state index in [0.29, 0.717) is 21.3 Å². The monoisotopic (exact) mass is 381 g/mol. The molecule has 0 aliphatic carbocycles. The Morgan fingerprint density at radius 3 is 2.54 bits per heavy atom. The number of hydrogen-bond acceptors (Lipinski definition) is 6. The highest BCUT2D eigenvalue weighted by molar-refractivity contribution is 7.17. The van der Waals surface area contributed by atoms with Crippen molar-refractivity contribution in [2.75, 3.05) is 5.32 Å². The summed E-state index contributed by atoms with van der Waals surface area (Å²) in [5.41, 5.74) is 2.46. The van der Waals surface area contributed by atoms with Gasteiger partial charge in [-0.05, 0) is 50.2 Å². The van der Waals surface area contributed by atoms with Crippen molar-refractivity contribution in [3.8, 4) is 21.3 Å². The summed E-state index contributed by atoms with van der Waals surface area (Å²) in [6.45, 7) is 3.71. The van der Waals surface area contributed by atoms with Gasteiger partial charge in [0.05, 0.1) is 5.69 Å². The van der Waals surface area contributed by atoms with E-state index in [0.717, 1.165) is 22.0 Å². The highest BCUT2D eigenvalue weighted by Crippen LogP contribution is 2.30. The second-order valence-electron chi connectivity index (χ2n) is 5.71. The Hall–Kier alpha value is -2.77. The summed E-state index contributed by atoms with van der Waals surface area (Å²) in [5.74, 6) is 1.33. The molecule has 0 atom stereocenters. The predicted molar refractivity (Wildman–Crippen MR) is 105 cm³/mol. The number of aryl methyl sites for hydroxylation is 2. The molecule has 1 amide bonds. The smallest absolute Gasteiger partial charge is 0.267 e. The van der Waals surface area contributed by atoms with Gasteiger partial charge in [-0.3, -0.25) is 4.79 Å². The first kappa shape index (κ1) is 16.7. The van der Waals surface area contributed by atoms with E-state index in [1.807, 2.05) is 55.6 Å². The summed E-state index contributed by atoms with van der Waals surface area (Å²) in [6, 6.07) is 11.4. The van der Waals surface area contributed by atoms with Gasteiger partial charge in [0.1, 0.15) is 15.6 Å². The van der Waals surface area contributed by atoms with E-state index in [4.69, 9.17) is 4.42 Å². The topological polar surface area (TPSA) is 68.0 Å². The van der Waals surface area contributed by atoms with E-state index in [9.17, 15) is 4.79 Å². The van der Waals surface area contributed by atoms with Gasteiger partial charge in [-0.1, -0.05) is 0 Å². The molecule has 0 aliphatic heterocycles. The number of nitrogens with one attached hydrogen (secondary N) is 1. The summed E-state index contributed by atoms with van der Waals surface area (Å²) in [4.78, 5) is 21.9. The number of rotatable bonds is 4. The molecule has 0 saturated carbocycles. The van der Waals surface area contributed by atoms with Crippen LogP contribution in [0.25, 0.3) is 21.3 Å². The number of furan rings is 1. The number of carbonyl (C=O) groups excluding carboxylic acids is 1. The summed E-state index contributed by atoms with van der Waals surface area (Å²) in [7, 11) is 0. The lowest BCUT2D eigenvalue weighted by atomic mass is 10.2. The fourth-order valence-corrected chi connectivity index (χ4v) is 4.08. The van der Waals surface area contributed by atoms with Gasteiger partial charge in [0.15, 0.2) is 10.8 Å². The molecular formula is C19H15N3O2S2. The van der Waals surface area contributed by atoms with Gasteiger partial charge in [0.25, 0.3) is 5.91 Å². The first-order valence-electron chi connectivity index (χ1n) is 7.95. The largest absolute Gasteiger partial charge is 0.459 e. The fourth-order valence-electron chi connectivity index (χ4n) is 2.51. The van der Waals surface area contributed by atoms with Crippen LogP contribution in [0.1, 0.15) is 21.1 Å². The van der Waals surface area contributed by atoms with Crippen molar-refractivity contribution in [2.24, 2.45) is 0 Å². The second kappa shape index (κ2) is 6.86. The maximum absolute atomic E-state index is 12.6. The highest BCUT2D eigenvalue weighted by Gasteiger charge is 2.18. The quantitative estimate of drug-likeness (QED) is 0.514. The Balaban J connectivity index is 1.52. The number of anilines is 1. The van der Waals surface area contributed by atoms with Crippen LogP contribution in [0, 0.1) is 13.8 Å². The Labute approximate surface area is 158 Å².